The molecular weight excluding hydrogens is 438 g/mol. The molecule has 0 spiro atoms. The number of aryl methyl sites for hydroxylation is 1. The molecule has 0 bridgehead atoms. The number of ether oxygens (including phenoxy) is 1. The van der Waals surface area contributed by atoms with Gasteiger partial charge in [0.15, 0.2) is 0 Å². The van der Waals surface area contributed by atoms with Crippen LogP contribution < -0.4 is 15.6 Å². The van der Waals surface area contributed by atoms with Crippen molar-refractivity contribution in [2.75, 3.05) is 26.0 Å². The first-order chi connectivity index (χ1) is 14.7. The number of hydrazine groups is 1. The molecule has 2 rings (SSSR count). The number of nitrogens with one attached hydrogen (secondary N) is 2. The zero-order valence-electron chi connectivity index (χ0n) is 18.0. The van der Waals surface area contributed by atoms with Gasteiger partial charge in [-0.2, -0.15) is 4.31 Å². The van der Waals surface area contributed by atoms with Crippen molar-refractivity contribution < 1.29 is 22.7 Å². The average molecular weight is 466 g/mol. The fourth-order valence-corrected chi connectivity index (χ4v) is 5.08. The summed E-state index contributed by atoms with van der Waals surface area (Å²) in [5.74, 6) is -0.758. The number of hydrogen-bond donors (Lipinski definition) is 2. The number of carbonyl (C=O) groups excluding carboxylic acids is 2. The molecule has 0 unspecified atom stereocenters. The predicted molar refractivity (Wildman–Crippen MR) is 121 cm³/mol. The van der Waals surface area contributed by atoms with Crippen LogP contribution in [0.4, 0.5) is 0 Å². The Hall–Kier alpha value is -2.56. The summed E-state index contributed by atoms with van der Waals surface area (Å²) < 4.78 is 32.2. The van der Waals surface area contributed by atoms with Crippen LogP contribution in [0.3, 0.4) is 0 Å². The largest absolute Gasteiger partial charge is 0.495 e. The van der Waals surface area contributed by atoms with Gasteiger partial charge in [-0.1, -0.05) is 31.5 Å². The molecule has 8 nitrogen and oxygen atoms in total. The minimum Gasteiger partial charge on any atom is -0.495 e. The van der Waals surface area contributed by atoms with E-state index in [2.05, 4.69) is 10.9 Å². The van der Waals surface area contributed by atoms with Crippen molar-refractivity contribution in [3.63, 3.8) is 0 Å². The predicted octanol–water partition coefficient (Wildman–Crippen LogP) is 2.59. The zero-order chi connectivity index (χ0) is 23.0. The second-order valence-corrected chi connectivity index (χ2v) is 9.51. The summed E-state index contributed by atoms with van der Waals surface area (Å²) in [4.78, 5) is 25.3. The highest BCUT2D eigenvalue weighted by Crippen LogP contribution is 2.28. The third-order valence-corrected chi connectivity index (χ3v) is 7.54. The molecule has 2 aromatic rings. The Balaban J connectivity index is 2.06. The summed E-state index contributed by atoms with van der Waals surface area (Å²) in [5, 5.41) is 0. The number of benzene rings is 2. The SMILES string of the molecule is CCN(CC)S(=O)(=O)c1cc(C(=O)NNC(=O)CSc2ccc(C)cc2)ccc1OC. The molecule has 0 saturated heterocycles. The highest BCUT2D eigenvalue weighted by molar-refractivity contribution is 8.00. The number of thioether (sulfide) groups is 1. The lowest BCUT2D eigenvalue weighted by Crippen LogP contribution is -2.42. The summed E-state index contributed by atoms with van der Waals surface area (Å²) in [6.07, 6.45) is 0. The molecule has 2 amide bonds. The van der Waals surface area contributed by atoms with E-state index < -0.39 is 15.9 Å². The maximum absolute atomic E-state index is 12.9. The third-order valence-electron chi connectivity index (χ3n) is 4.46. The number of sulfonamides is 1. The average Bonchev–Trinajstić information content (AvgIpc) is 2.77. The number of carbonyl (C=O) groups is 2. The normalized spacial score (nSPS) is 11.3. The van der Waals surface area contributed by atoms with Crippen LogP contribution in [0, 0.1) is 6.92 Å². The number of rotatable bonds is 9. The molecule has 0 atom stereocenters. The van der Waals surface area contributed by atoms with E-state index in [4.69, 9.17) is 4.74 Å². The van der Waals surface area contributed by atoms with E-state index in [9.17, 15) is 18.0 Å². The Kier molecular flexibility index (Phi) is 8.90. The van der Waals surface area contributed by atoms with Crippen LogP contribution in [0.15, 0.2) is 52.3 Å². The van der Waals surface area contributed by atoms with E-state index in [1.165, 1.54) is 41.4 Å². The van der Waals surface area contributed by atoms with Crippen molar-refractivity contribution in [3.8, 4) is 5.75 Å². The van der Waals surface area contributed by atoms with E-state index in [0.29, 0.717) is 0 Å². The summed E-state index contributed by atoms with van der Waals surface area (Å²) >= 11 is 1.34. The quantitative estimate of drug-likeness (QED) is 0.436. The van der Waals surface area contributed by atoms with Crippen LogP contribution in [-0.4, -0.2) is 50.5 Å². The molecule has 2 aromatic carbocycles. The van der Waals surface area contributed by atoms with Crippen LogP contribution in [0.1, 0.15) is 29.8 Å². The van der Waals surface area contributed by atoms with Crippen molar-refractivity contribution in [2.45, 2.75) is 30.6 Å². The molecule has 0 radical (unpaired) electrons. The van der Waals surface area contributed by atoms with Crippen molar-refractivity contribution in [1.29, 1.82) is 0 Å². The molecule has 0 aliphatic heterocycles. The molecule has 10 heteroatoms. The number of methoxy groups -OCH3 is 1. The Bertz CT molecular complexity index is 1020. The number of amides is 2. The first-order valence-corrected chi connectivity index (χ1v) is 12.1. The lowest BCUT2D eigenvalue weighted by Gasteiger charge is -2.20. The summed E-state index contributed by atoms with van der Waals surface area (Å²) in [6.45, 7) is 6.01. The van der Waals surface area contributed by atoms with E-state index >= 15 is 0 Å². The minimum atomic E-state index is -3.84. The first kappa shape index (κ1) is 24.7. The van der Waals surface area contributed by atoms with Gasteiger partial charge in [0.05, 0.1) is 12.9 Å². The monoisotopic (exact) mass is 465 g/mol. The molecule has 0 saturated carbocycles. The molecule has 168 valence electrons. The van der Waals surface area contributed by atoms with Crippen molar-refractivity contribution in [1.82, 2.24) is 15.2 Å². The van der Waals surface area contributed by atoms with E-state index in [-0.39, 0.29) is 41.0 Å². The summed E-state index contributed by atoms with van der Waals surface area (Å²) in [6, 6.07) is 11.8. The first-order valence-electron chi connectivity index (χ1n) is 9.69. The van der Waals surface area contributed by atoms with Gasteiger partial charge in [0.1, 0.15) is 10.6 Å². The van der Waals surface area contributed by atoms with Crippen molar-refractivity contribution in [3.05, 3.63) is 53.6 Å². The smallest absolute Gasteiger partial charge is 0.269 e. The molecule has 0 aliphatic rings. The Morgan fingerprint density at radius 1 is 1.03 bits per heavy atom. The van der Waals surface area contributed by atoms with Gasteiger partial charge in [0, 0.05) is 23.5 Å². The number of hydrogen-bond acceptors (Lipinski definition) is 6. The van der Waals surface area contributed by atoms with Gasteiger partial charge in [-0.05, 0) is 37.3 Å². The molecule has 0 heterocycles. The Morgan fingerprint density at radius 3 is 2.26 bits per heavy atom. The van der Waals surface area contributed by atoms with Gasteiger partial charge < -0.3 is 4.74 Å². The standard InChI is InChI=1S/C21H27N3O5S2/c1-5-24(6-2)31(27,28)19-13-16(9-12-18(19)29-4)21(26)23-22-20(25)14-30-17-10-7-15(3)8-11-17/h7-13H,5-6,14H2,1-4H3,(H,22,25)(H,23,26). The van der Waals surface area contributed by atoms with Crippen LogP contribution in [0.2, 0.25) is 0 Å². The maximum Gasteiger partial charge on any atom is 0.269 e. The van der Waals surface area contributed by atoms with Crippen LogP contribution in [-0.2, 0) is 14.8 Å². The van der Waals surface area contributed by atoms with Crippen molar-refractivity contribution in [2.24, 2.45) is 0 Å². The minimum absolute atomic E-state index is 0.0815. The molecule has 0 aromatic heterocycles. The highest BCUT2D eigenvalue weighted by Gasteiger charge is 2.26. The second-order valence-electron chi connectivity index (χ2n) is 6.56. The fourth-order valence-electron chi connectivity index (χ4n) is 2.74. The number of nitrogens with zero attached hydrogens (tertiary/aromatic N) is 1. The van der Waals surface area contributed by atoms with Gasteiger partial charge in [-0.25, -0.2) is 8.42 Å². The maximum atomic E-state index is 12.9. The molecule has 0 aliphatic carbocycles. The lowest BCUT2D eigenvalue weighted by atomic mass is 10.2. The van der Waals surface area contributed by atoms with Crippen LogP contribution in [0.5, 0.6) is 5.75 Å². The van der Waals surface area contributed by atoms with E-state index in [1.807, 2.05) is 31.2 Å². The van der Waals surface area contributed by atoms with Crippen LogP contribution in [0.25, 0.3) is 0 Å². The van der Waals surface area contributed by atoms with Crippen LogP contribution >= 0.6 is 11.8 Å². The van der Waals surface area contributed by atoms with Crippen molar-refractivity contribution >= 4 is 33.6 Å². The summed E-state index contributed by atoms with van der Waals surface area (Å²) in [7, 11) is -2.47. The second kappa shape index (κ2) is 11.2. The van der Waals surface area contributed by atoms with Gasteiger partial charge in [0.25, 0.3) is 5.91 Å². The highest BCUT2D eigenvalue weighted by atomic mass is 32.2. The molecular formula is C21H27N3O5S2. The Morgan fingerprint density at radius 2 is 1.68 bits per heavy atom. The third kappa shape index (κ3) is 6.46. The summed E-state index contributed by atoms with van der Waals surface area (Å²) in [5.41, 5.74) is 5.87. The van der Waals surface area contributed by atoms with Gasteiger partial charge in [0.2, 0.25) is 15.9 Å². The van der Waals surface area contributed by atoms with Gasteiger partial charge in [-0.3, -0.25) is 20.4 Å². The molecule has 2 N–H and O–H groups in total. The lowest BCUT2D eigenvalue weighted by molar-refractivity contribution is -0.119. The molecule has 31 heavy (non-hydrogen) atoms. The fraction of sp³-hybridized carbons (Fsp3) is 0.333. The Labute approximate surface area is 187 Å². The topological polar surface area (TPSA) is 105 Å². The zero-order valence-corrected chi connectivity index (χ0v) is 19.6. The molecule has 0 fully saturated rings. The van der Waals surface area contributed by atoms with E-state index in [1.54, 1.807) is 13.8 Å². The van der Waals surface area contributed by atoms with Gasteiger partial charge >= 0.3 is 0 Å². The van der Waals surface area contributed by atoms with E-state index in [0.717, 1.165) is 10.5 Å². The van der Waals surface area contributed by atoms with Gasteiger partial charge in [-0.15, -0.1) is 11.8 Å².